The summed E-state index contributed by atoms with van der Waals surface area (Å²) < 4.78 is 2.75. The lowest BCUT2D eigenvalue weighted by Gasteiger charge is -1.98. The predicted molar refractivity (Wildman–Crippen MR) is 54.5 cm³/mol. The zero-order valence-electron chi connectivity index (χ0n) is 7.26. The van der Waals surface area contributed by atoms with Gasteiger partial charge in [0.05, 0.1) is 0 Å². The van der Waals surface area contributed by atoms with Gasteiger partial charge in [-0.15, -0.1) is 0 Å². The molecule has 0 saturated carbocycles. The molecule has 0 aliphatic rings. The van der Waals surface area contributed by atoms with Crippen molar-refractivity contribution in [2.75, 3.05) is 11.9 Å². The molecule has 1 aromatic heterocycles. The molecule has 0 amide bonds. The first-order valence-corrected chi connectivity index (χ1v) is 4.46. The molecular formula is C8H12BrN3. The molecule has 0 unspecified atom stereocenters. The first-order chi connectivity index (χ1) is 5.59. The van der Waals surface area contributed by atoms with Crippen LogP contribution in [0.3, 0.4) is 0 Å². The summed E-state index contributed by atoms with van der Waals surface area (Å²) in [5.74, 6) is 0.885. The highest BCUT2D eigenvalue weighted by molar-refractivity contribution is 9.11. The first-order valence-electron chi connectivity index (χ1n) is 3.67. The largest absolute Gasteiger partial charge is 0.364 e. The van der Waals surface area contributed by atoms with E-state index in [1.807, 2.05) is 24.7 Å². The van der Waals surface area contributed by atoms with E-state index < -0.39 is 0 Å². The van der Waals surface area contributed by atoms with E-state index in [4.69, 9.17) is 0 Å². The van der Waals surface area contributed by atoms with Crippen molar-refractivity contribution in [1.29, 1.82) is 0 Å². The minimum Gasteiger partial charge on any atom is -0.364 e. The van der Waals surface area contributed by atoms with E-state index >= 15 is 0 Å². The van der Waals surface area contributed by atoms with Crippen LogP contribution in [0.25, 0.3) is 0 Å². The fraction of sp³-hybridized carbons (Fsp3) is 0.375. The van der Waals surface area contributed by atoms with Crippen LogP contribution < -0.4 is 5.32 Å². The van der Waals surface area contributed by atoms with Crippen molar-refractivity contribution >= 4 is 21.7 Å². The number of nitrogens with one attached hydrogen (secondary N) is 1. The third-order valence-corrected chi connectivity index (χ3v) is 1.86. The van der Waals surface area contributed by atoms with Crippen LogP contribution in [0.15, 0.2) is 17.1 Å². The van der Waals surface area contributed by atoms with Gasteiger partial charge in [0.25, 0.3) is 0 Å². The smallest absolute Gasteiger partial charge is 0.148 e. The number of rotatable bonds is 3. The van der Waals surface area contributed by atoms with Gasteiger partial charge in [0, 0.05) is 29.8 Å². The molecule has 1 rings (SSSR count). The van der Waals surface area contributed by atoms with Crippen molar-refractivity contribution in [2.24, 2.45) is 7.05 Å². The lowest BCUT2D eigenvalue weighted by molar-refractivity contribution is 0.742. The van der Waals surface area contributed by atoms with Crippen LogP contribution >= 0.6 is 15.9 Å². The van der Waals surface area contributed by atoms with Gasteiger partial charge in [0.1, 0.15) is 5.82 Å². The van der Waals surface area contributed by atoms with Crippen LogP contribution in [0.2, 0.25) is 0 Å². The molecule has 0 aromatic carbocycles. The van der Waals surface area contributed by atoms with E-state index in [0.29, 0.717) is 6.54 Å². The molecule has 4 heteroatoms. The summed E-state index contributed by atoms with van der Waals surface area (Å²) in [7, 11) is 1.92. The lowest BCUT2D eigenvalue weighted by atomic mass is 10.4. The van der Waals surface area contributed by atoms with Crippen molar-refractivity contribution in [3.05, 3.63) is 22.8 Å². The molecule has 3 nitrogen and oxygen atoms in total. The van der Waals surface area contributed by atoms with Crippen LogP contribution in [0.4, 0.5) is 5.82 Å². The standard InChI is InChI=1S/C8H12BrN3/c1-6(9)5-10-8-4-7(2)12(3)11-8/h4H,1,5H2,2-3H3,(H,10,11). The molecule has 1 aromatic rings. The molecule has 0 fully saturated rings. The van der Waals surface area contributed by atoms with Crippen molar-refractivity contribution < 1.29 is 0 Å². The number of hydrogen-bond donors (Lipinski definition) is 1. The highest BCUT2D eigenvalue weighted by Crippen LogP contribution is 2.08. The van der Waals surface area contributed by atoms with Crippen LogP contribution in [0.1, 0.15) is 5.69 Å². The minimum absolute atomic E-state index is 0.705. The van der Waals surface area contributed by atoms with E-state index in [1.165, 1.54) is 0 Å². The fourth-order valence-electron chi connectivity index (χ4n) is 0.833. The van der Waals surface area contributed by atoms with E-state index in [1.54, 1.807) is 0 Å². The Kier molecular flexibility index (Phi) is 2.92. The lowest BCUT2D eigenvalue weighted by Crippen LogP contribution is -2.01. The molecule has 0 spiro atoms. The monoisotopic (exact) mass is 229 g/mol. The van der Waals surface area contributed by atoms with Crippen LogP contribution in [0, 0.1) is 6.92 Å². The Hall–Kier alpha value is -0.770. The molecule has 1 heterocycles. The van der Waals surface area contributed by atoms with Gasteiger partial charge in [-0.05, 0) is 6.92 Å². The normalized spacial score (nSPS) is 9.92. The zero-order valence-corrected chi connectivity index (χ0v) is 8.85. The fourth-order valence-corrected chi connectivity index (χ4v) is 0.974. The molecule has 0 aliphatic heterocycles. The number of halogens is 1. The molecule has 0 aliphatic carbocycles. The summed E-state index contributed by atoms with van der Waals surface area (Å²) in [5.41, 5.74) is 1.14. The van der Waals surface area contributed by atoms with Crippen LogP contribution in [-0.2, 0) is 7.05 Å². The van der Waals surface area contributed by atoms with Crippen molar-refractivity contribution in [1.82, 2.24) is 9.78 Å². The maximum absolute atomic E-state index is 4.23. The van der Waals surface area contributed by atoms with E-state index in [2.05, 4.69) is 32.9 Å². The summed E-state index contributed by atoms with van der Waals surface area (Å²) in [4.78, 5) is 0. The molecule has 0 saturated heterocycles. The van der Waals surface area contributed by atoms with Crippen molar-refractivity contribution in [3.8, 4) is 0 Å². The Morgan fingerprint density at radius 2 is 2.50 bits per heavy atom. The Labute approximate surface area is 80.6 Å². The topological polar surface area (TPSA) is 29.9 Å². The van der Waals surface area contributed by atoms with Gasteiger partial charge in [-0.2, -0.15) is 5.10 Å². The van der Waals surface area contributed by atoms with Gasteiger partial charge in [-0.25, -0.2) is 0 Å². The van der Waals surface area contributed by atoms with Gasteiger partial charge in [-0.3, -0.25) is 4.68 Å². The van der Waals surface area contributed by atoms with Crippen LogP contribution in [-0.4, -0.2) is 16.3 Å². The van der Waals surface area contributed by atoms with E-state index in [0.717, 1.165) is 16.0 Å². The zero-order chi connectivity index (χ0) is 9.14. The Balaban J connectivity index is 2.58. The highest BCUT2D eigenvalue weighted by atomic mass is 79.9. The van der Waals surface area contributed by atoms with Crippen LogP contribution in [0.5, 0.6) is 0 Å². The summed E-state index contributed by atoms with van der Waals surface area (Å²) in [5, 5.41) is 7.35. The maximum atomic E-state index is 4.23. The highest BCUT2D eigenvalue weighted by Gasteiger charge is 1.98. The average Bonchev–Trinajstić information content (AvgIpc) is 2.28. The number of aromatic nitrogens is 2. The number of aryl methyl sites for hydroxylation is 2. The van der Waals surface area contributed by atoms with Crippen molar-refractivity contribution in [3.63, 3.8) is 0 Å². The second-order valence-electron chi connectivity index (χ2n) is 2.67. The van der Waals surface area contributed by atoms with Gasteiger partial charge in [-0.1, -0.05) is 22.5 Å². The Morgan fingerprint density at radius 1 is 1.83 bits per heavy atom. The molecule has 12 heavy (non-hydrogen) atoms. The molecular weight excluding hydrogens is 218 g/mol. The number of nitrogens with zero attached hydrogens (tertiary/aromatic N) is 2. The van der Waals surface area contributed by atoms with Crippen molar-refractivity contribution in [2.45, 2.75) is 6.92 Å². The quantitative estimate of drug-likeness (QED) is 0.861. The van der Waals surface area contributed by atoms with E-state index in [9.17, 15) is 0 Å². The molecule has 0 radical (unpaired) electrons. The third kappa shape index (κ3) is 2.37. The minimum atomic E-state index is 0.705. The second-order valence-corrected chi connectivity index (χ2v) is 3.79. The maximum Gasteiger partial charge on any atom is 0.148 e. The predicted octanol–water partition coefficient (Wildman–Crippen LogP) is 2.05. The number of anilines is 1. The third-order valence-electron chi connectivity index (χ3n) is 1.58. The summed E-state index contributed by atoms with van der Waals surface area (Å²) in [6.07, 6.45) is 0. The van der Waals surface area contributed by atoms with E-state index in [-0.39, 0.29) is 0 Å². The molecule has 0 bridgehead atoms. The Bertz CT molecular complexity index is 271. The second kappa shape index (κ2) is 3.76. The summed E-state index contributed by atoms with van der Waals surface area (Å²) >= 11 is 3.27. The summed E-state index contributed by atoms with van der Waals surface area (Å²) in [6.45, 7) is 6.44. The van der Waals surface area contributed by atoms with Gasteiger partial charge >= 0.3 is 0 Å². The summed E-state index contributed by atoms with van der Waals surface area (Å²) in [6, 6.07) is 2.00. The van der Waals surface area contributed by atoms with Gasteiger partial charge in [0.15, 0.2) is 0 Å². The molecule has 66 valence electrons. The first kappa shape index (κ1) is 9.32. The Morgan fingerprint density at radius 3 is 2.92 bits per heavy atom. The SMILES string of the molecule is C=C(Br)CNc1cc(C)n(C)n1. The molecule has 0 atom stereocenters. The van der Waals surface area contributed by atoms with Gasteiger partial charge < -0.3 is 5.32 Å². The number of hydrogen-bond acceptors (Lipinski definition) is 2. The van der Waals surface area contributed by atoms with Gasteiger partial charge in [0.2, 0.25) is 0 Å². The molecule has 1 N–H and O–H groups in total. The average molecular weight is 230 g/mol.